The molecule has 2 amide bonds. The van der Waals surface area contributed by atoms with Gasteiger partial charge in [-0.25, -0.2) is 0 Å². The maximum atomic E-state index is 13.2. The molecule has 0 aliphatic carbocycles. The van der Waals surface area contributed by atoms with E-state index in [0.29, 0.717) is 33.6 Å². The molecule has 8 nitrogen and oxygen atoms in total. The third-order valence-corrected chi connectivity index (χ3v) is 6.12. The van der Waals surface area contributed by atoms with E-state index in [1.165, 1.54) is 25.6 Å². The third-order valence-electron chi connectivity index (χ3n) is 5.23. The van der Waals surface area contributed by atoms with Gasteiger partial charge in [0.2, 0.25) is 11.0 Å². The SMILES string of the molecule is COc1ccc(C(=O)NC(Cc2ccccc2)C(=O)Nc2nnc(-c3ccccc3)s2)c(OC)c1. The van der Waals surface area contributed by atoms with Crippen LogP contribution in [0.25, 0.3) is 10.6 Å². The van der Waals surface area contributed by atoms with Gasteiger partial charge in [0.05, 0.1) is 19.8 Å². The van der Waals surface area contributed by atoms with Crippen molar-refractivity contribution in [2.75, 3.05) is 19.5 Å². The van der Waals surface area contributed by atoms with Crippen molar-refractivity contribution < 1.29 is 19.1 Å². The maximum absolute atomic E-state index is 13.2. The van der Waals surface area contributed by atoms with Crippen LogP contribution in [0, 0.1) is 0 Å². The summed E-state index contributed by atoms with van der Waals surface area (Å²) in [5, 5.41) is 14.9. The average molecular weight is 489 g/mol. The molecule has 0 radical (unpaired) electrons. The molecule has 0 saturated carbocycles. The van der Waals surface area contributed by atoms with Gasteiger partial charge < -0.3 is 14.8 Å². The van der Waals surface area contributed by atoms with E-state index < -0.39 is 17.9 Å². The lowest BCUT2D eigenvalue weighted by atomic mass is 10.0. The fraction of sp³-hybridized carbons (Fsp3) is 0.154. The molecule has 0 bridgehead atoms. The van der Waals surface area contributed by atoms with Gasteiger partial charge in [-0.15, -0.1) is 10.2 Å². The van der Waals surface area contributed by atoms with Crippen LogP contribution in [0.5, 0.6) is 11.5 Å². The molecule has 4 rings (SSSR count). The summed E-state index contributed by atoms with van der Waals surface area (Å²) in [4.78, 5) is 26.4. The number of ether oxygens (including phenoxy) is 2. The van der Waals surface area contributed by atoms with Crippen LogP contribution in [0.15, 0.2) is 78.9 Å². The fourth-order valence-electron chi connectivity index (χ4n) is 3.44. The number of amides is 2. The second-order valence-electron chi connectivity index (χ2n) is 7.55. The van der Waals surface area contributed by atoms with Crippen molar-refractivity contribution in [3.8, 4) is 22.1 Å². The number of methoxy groups -OCH3 is 2. The topological polar surface area (TPSA) is 102 Å². The number of hydrogen-bond acceptors (Lipinski definition) is 7. The number of benzene rings is 3. The summed E-state index contributed by atoms with van der Waals surface area (Å²) in [6.45, 7) is 0. The van der Waals surface area contributed by atoms with Crippen LogP contribution >= 0.6 is 11.3 Å². The van der Waals surface area contributed by atoms with E-state index in [2.05, 4.69) is 20.8 Å². The summed E-state index contributed by atoms with van der Waals surface area (Å²) >= 11 is 1.26. The highest BCUT2D eigenvalue weighted by molar-refractivity contribution is 7.18. The highest BCUT2D eigenvalue weighted by Gasteiger charge is 2.25. The normalized spacial score (nSPS) is 11.4. The number of hydrogen-bond donors (Lipinski definition) is 2. The fourth-order valence-corrected chi connectivity index (χ4v) is 4.20. The van der Waals surface area contributed by atoms with Gasteiger partial charge in [0, 0.05) is 18.1 Å². The number of anilines is 1. The van der Waals surface area contributed by atoms with Crippen LogP contribution in [0.1, 0.15) is 15.9 Å². The molecule has 0 fully saturated rings. The lowest BCUT2D eigenvalue weighted by Crippen LogP contribution is -2.45. The predicted octanol–water partition coefficient (Wildman–Crippen LogP) is 4.20. The van der Waals surface area contributed by atoms with Crippen molar-refractivity contribution in [2.45, 2.75) is 12.5 Å². The Hall–Kier alpha value is -4.24. The van der Waals surface area contributed by atoms with E-state index in [0.717, 1.165) is 11.1 Å². The molecule has 178 valence electrons. The highest BCUT2D eigenvalue weighted by Crippen LogP contribution is 2.27. The first-order chi connectivity index (χ1) is 17.1. The van der Waals surface area contributed by atoms with E-state index >= 15 is 0 Å². The Bertz CT molecular complexity index is 1300. The summed E-state index contributed by atoms with van der Waals surface area (Å²) in [6.07, 6.45) is 0.293. The minimum absolute atomic E-state index is 0.293. The van der Waals surface area contributed by atoms with Crippen molar-refractivity contribution in [3.05, 3.63) is 90.0 Å². The van der Waals surface area contributed by atoms with Gasteiger partial charge in [-0.05, 0) is 17.7 Å². The molecule has 1 aromatic heterocycles. The Kier molecular flexibility index (Phi) is 7.69. The van der Waals surface area contributed by atoms with E-state index in [4.69, 9.17) is 9.47 Å². The minimum Gasteiger partial charge on any atom is -0.497 e. The molecule has 3 aromatic carbocycles. The zero-order chi connectivity index (χ0) is 24.6. The summed E-state index contributed by atoms with van der Waals surface area (Å²) < 4.78 is 10.6. The summed E-state index contributed by atoms with van der Waals surface area (Å²) in [5.41, 5.74) is 2.10. The summed E-state index contributed by atoms with van der Waals surface area (Å²) in [7, 11) is 3.00. The number of nitrogens with zero attached hydrogens (tertiary/aromatic N) is 2. The highest BCUT2D eigenvalue weighted by atomic mass is 32.1. The van der Waals surface area contributed by atoms with Gasteiger partial charge in [0.1, 0.15) is 22.5 Å². The van der Waals surface area contributed by atoms with Crippen molar-refractivity contribution in [1.82, 2.24) is 15.5 Å². The zero-order valence-corrected chi connectivity index (χ0v) is 20.0. The van der Waals surface area contributed by atoms with E-state index in [1.54, 1.807) is 18.2 Å². The van der Waals surface area contributed by atoms with Crippen LogP contribution < -0.4 is 20.1 Å². The zero-order valence-electron chi connectivity index (χ0n) is 19.2. The first-order valence-corrected chi connectivity index (χ1v) is 11.7. The van der Waals surface area contributed by atoms with Gasteiger partial charge in [0.25, 0.3) is 5.91 Å². The maximum Gasteiger partial charge on any atom is 0.255 e. The molecule has 9 heteroatoms. The van der Waals surface area contributed by atoms with Crippen LogP contribution in [0.2, 0.25) is 0 Å². The van der Waals surface area contributed by atoms with E-state index in [9.17, 15) is 9.59 Å². The molecule has 1 atom stereocenters. The average Bonchev–Trinajstić information content (AvgIpc) is 3.37. The number of carbonyl (C=O) groups excluding carboxylic acids is 2. The van der Waals surface area contributed by atoms with Crippen molar-refractivity contribution >= 4 is 28.3 Å². The lowest BCUT2D eigenvalue weighted by molar-refractivity contribution is -0.118. The van der Waals surface area contributed by atoms with Gasteiger partial charge in [-0.2, -0.15) is 0 Å². The van der Waals surface area contributed by atoms with Crippen LogP contribution in [0.3, 0.4) is 0 Å². The standard InChI is InChI=1S/C26H24N4O4S/c1-33-19-13-14-20(22(16-19)34-2)23(31)27-21(15-17-9-5-3-6-10-17)24(32)28-26-30-29-25(35-26)18-11-7-4-8-12-18/h3-14,16,21H,15H2,1-2H3,(H,27,31)(H,28,30,32). The molecular weight excluding hydrogens is 464 g/mol. The smallest absolute Gasteiger partial charge is 0.255 e. The molecule has 4 aromatic rings. The third kappa shape index (κ3) is 6.01. The van der Waals surface area contributed by atoms with Crippen LogP contribution in [-0.4, -0.2) is 42.3 Å². The van der Waals surface area contributed by atoms with E-state index in [1.807, 2.05) is 60.7 Å². The molecule has 1 unspecified atom stereocenters. The minimum atomic E-state index is -0.860. The predicted molar refractivity (Wildman–Crippen MR) is 135 cm³/mol. The summed E-state index contributed by atoms with van der Waals surface area (Å²) in [6, 6.07) is 23.1. The molecule has 0 aliphatic rings. The second-order valence-corrected chi connectivity index (χ2v) is 8.53. The number of nitrogens with one attached hydrogen (secondary N) is 2. The quantitative estimate of drug-likeness (QED) is 0.366. The molecule has 2 N–H and O–H groups in total. The Balaban J connectivity index is 1.54. The Labute approximate surface area is 206 Å². The lowest BCUT2D eigenvalue weighted by Gasteiger charge is -2.19. The van der Waals surface area contributed by atoms with Crippen molar-refractivity contribution in [1.29, 1.82) is 0 Å². The molecular formula is C26H24N4O4S. The van der Waals surface area contributed by atoms with Gasteiger partial charge in [-0.3, -0.25) is 14.9 Å². The summed E-state index contributed by atoms with van der Waals surface area (Å²) in [5.74, 6) is 0.0630. The Morgan fingerprint density at radius 3 is 2.31 bits per heavy atom. The molecule has 1 heterocycles. The van der Waals surface area contributed by atoms with Crippen molar-refractivity contribution in [3.63, 3.8) is 0 Å². The van der Waals surface area contributed by atoms with Crippen molar-refractivity contribution in [2.24, 2.45) is 0 Å². The second kappa shape index (κ2) is 11.3. The van der Waals surface area contributed by atoms with E-state index in [-0.39, 0.29) is 0 Å². The molecule has 0 aliphatic heterocycles. The monoisotopic (exact) mass is 488 g/mol. The number of carbonyl (C=O) groups is 2. The van der Waals surface area contributed by atoms with Gasteiger partial charge in [-0.1, -0.05) is 72.0 Å². The number of rotatable bonds is 9. The van der Waals surface area contributed by atoms with Crippen LogP contribution in [-0.2, 0) is 11.2 Å². The van der Waals surface area contributed by atoms with Crippen LogP contribution in [0.4, 0.5) is 5.13 Å². The molecule has 35 heavy (non-hydrogen) atoms. The molecule has 0 saturated heterocycles. The first-order valence-electron chi connectivity index (χ1n) is 10.8. The Morgan fingerprint density at radius 2 is 1.63 bits per heavy atom. The largest absolute Gasteiger partial charge is 0.497 e. The Morgan fingerprint density at radius 1 is 0.914 bits per heavy atom. The van der Waals surface area contributed by atoms with Gasteiger partial charge >= 0.3 is 0 Å². The molecule has 0 spiro atoms. The number of aromatic nitrogens is 2. The first kappa shape index (κ1) is 23.9. The van der Waals surface area contributed by atoms with Gasteiger partial charge in [0.15, 0.2) is 0 Å².